The minimum Gasteiger partial charge on any atom is -0.508 e. The Kier molecular flexibility index (Phi) is 4.71. The van der Waals surface area contributed by atoms with Gasteiger partial charge >= 0.3 is 0 Å². The van der Waals surface area contributed by atoms with Crippen molar-refractivity contribution in [1.82, 2.24) is 15.1 Å². The van der Waals surface area contributed by atoms with Crippen LogP contribution in [-0.2, 0) is 6.42 Å². The first kappa shape index (κ1) is 14.8. The van der Waals surface area contributed by atoms with Crippen molar-refractivity contribution in [2.75, 3.05) is 26.0 Å². The number of carbonyl (C=O) groups excluding carboxylic acids is 1. The molecule has 0 saturated carbocycles. The van der Waals surface area contributed by atoms with Gasteiger partial charge in [-0.1, -0.05) is 12.1 Å². The number of aromatic nitrogens is 2. The van der Waals surface area contributed by atoms with Crippen molar-refractivity contribution in [3.8, 4) is 5.75 Å². The van der Waals surface area contributed by atoms with Gasteiger partial charge in [0.05, 0.1) is 0 Å². The van der Waals surface area contributed by atoms with E-state index in [2.05, 4.69) is 15.5 Å². The number of aromatic hydroxyl groups is 1. The minimum absolute atomic E-state index is 0.168. The molecule has 0 atom stereocenters. The van der Waals surface area contributed by atoms with E-state index < -0.39 is 0 Å². The number of nitrogens with zero attached hydrogens (tertiary/aromatic N) is 3. The summed E-state index contributed by atoms with van der Waals surface area (Å²) in [6, 6.07) is 10.5. The van der Waals surface area contributed by atoms with Crippen LogP contribution in [0.4, 0.5) is 5.82 Å². The van der Waals surface area contributed by atoms with Crippen LogP contribution in [0.15, 0.2) is 36.4 Å². The topological polar surface area (TPSA) is 78.4 Å². The van der Waals surface area contributed by atoms with E-state index in [4.69, 9.17) is 0 Å². The Bertz CT molecular complexity index is 594. The Morgan fingerprint density at radius 1 is 1.14 bits per heavy atom. The number of nitrogens with one attached hydrogen (secondary N) is 1. The van der Waals surface area contributed by atoms with Crippen LogP contribution in [0, 0.1) is 0 Å². The molecule has 0 aliphatic carbocycles. The fraction of sp³-hybridized carbons (Fsp3) is 0.267. The van der Waals surface area contributed by atoms with Gasteiger partial charge in [0.1, 0.15) is 11.6 Å². The zero-order valence-corrected chi connectivity index (χ0v) is 12.1. The number of anilines is 1. The van der Waals surface area contributed by atoms with Crippen LogP contribution < -0.4 is 5.32 Å². The number of benzene rings is 1. The first-order valence-electron chi connectivity index (χ1n) is 6.63. The number of amides is 1. The summed E-state index contributed by atoms with van der Waals surface area (Å²) in [6.07, 6.45) is 0.806. The highest BCUT2D eigenvalue weighted by Gasteiger charge is 2.09. The van der Waals surface area contributed by atoms with Gasteiger partial charge in [0.2, 0.25) is 0 Å². The van der Waals surface area contributed by atoms with Gasteiger partial charge in [-0.05, 0) is 36.2 Å². The SMILES string of the molecule is CN(C)C(=O)c1ccc(NCCc2ccc(O)cc2)nn1. The zero-order valence-electron chi connectivity index (χ0n) is 12.1. The number of hydrogen-bond acceptors (Lipinski definition) is 5. The monoisotopic (exact) mass is 286 g/mol. The second-order valence-corrected chi connectivity index (χ2v) is 4.85. The number of carbonyl (C=O) groups is 1. The molecule has 1 heterocycles. The molecule has 0 aliphatic heterocycles. The zero-order chi connectivity index (χ0) is 15.2. The third-order valence-electron chi connectivity index (χ3n) is 2.95. The average Bonchev–Trinajstić information content (AvgIpc) is 2.49. The molecule has 6 nitrogen and oxygen atoms in total. The summed E-state index contributed by atoms with van der Waals surface area (Å²) in [5.41, 5.74) is 1.44. The molecular formula is C15H18N4O2. The lowest BCUT2D eigenvalue weighted by Gasteiger charge is -2.09. The van der Waals surface area contributed by atoms with Gasteiger partial charge in [-0.25, -0.2) is 0 Å². The van der Waals surface area contributed by atoms with Crippen molar-refractivity contribution in [3.05, 3.63) is 47.7 Å². The van der Waals surface area contributed by atoms with Crippen LogP contribution in [-0.4, -0.2) is 46.8 Å². The van der Waals surface area contributed by atoms with Crippen molar-refractivity contribution in [3.63, 3.8) is 0 Å². The summed E-state index contributed by atoms with van der Waals surface area (Å²) >= 11 is 0. The van der Waals surface area contributed by atoms with Crippen LogP contribution in [0.3, 0.4) is 0 Å². The summed E-state index contributed by atoms with van der Waals surface area (Å²) < 4.78 is 0. The highest BCUT2D eigenvalue weighted by molar-refractivity contribution is 5.91. The molecule has 21 heavy (non-hydrogen) atoms. The first-order valence-corrected chi connectivity index (χ1v) is 6.63. The Labute approximate surface area is 123 Å². The van der Waals surface area contributed by atoms with Crippen LogP contribution in [0.25, 0.3) is 0 Å². The molecule has 1 aromatic heterocycles. The lowest BCUT2D eigenvalue weighted by atomic mass is 10.1. The van der Waals surface area contributed by atoms with Gasteiger partial charge in [-0.3, -0.25) is 4.79 Å². The average molecular weight is 286 g/mol. The van der Waals surface area contributed by atoms with Crippen molar-refractivity contribution < 1.29 is 9.90 Å². The summed E-state index contributed by atoms with van der Waals surface area (Å²) in [5, 5.41) is 20.2. The Hall–Kier alpha value is -2.63. The van der Waals surface area contributed by atoms with Crippen molar-refractivity contribution >= 4 is 11.7 Å². The number of phenols is 1. The van der Waals surface area contributed by atoms with E-state index in [1.54, 1.807) is 38.4 Å². The highest BCUT2D eigenvalue weighted by Crippen LogP contribution is 2.10. The molecule has 110 valence electrons. The summed E-state index contributed by atoms with van der Waals surface area (Å²) in [4.78, 5) is 13.1. The smallest absolute Gasteiger partial charge is 0.273 e. The van der Waals surface area contributed by atoms with Crippen molar-refractivity contribution in [1.29, 1.82) is 0 Å². The molecule has 2 rings (SSSR count). The summed E-state index contributed by atoms with van der Waals surface area (Å²) in [5.74, 6) is 0.723. The fourth-order valence-corrected chi connectivity index (χ4v) is 1.77. The molecule has 0 spiro atoms. The summed E-state index contributed by atoms with van der Waals surface area (Å²) in [6.45, 7) is 0.695. The van der Waals surface area contributed by atoms with E-state index in [0.717, 1.165) is 12.0 Å². The van der Waals surface area contributed by atoms with Crippen LogP contribution >= 0.6 is 0 Å². The largest absolute Gasteiger partial charge is 0.508 e. The van der Waals surface area contributed by atoms with Crippen LogP contribution in [0.1, 0.15) is 16.1 Å². The number of hydrogen-bond donors (Lipinski definition) is 2. The van der Waals surface area contributed by atoms with E-state index in [0.29, 0.717) is 18.1 Å². The maximum atomic E-state index is 11.7. The predicted octanol–water partition coefficient (Wildman–Crippen LogP) is 1.54. The molecule has 0 radical (unpaired) electrons. The molecule has 0 unspecified atom stereocenters. The van der Waals surface area contributed by atoms with E-state index in [-0.39, 0.29) is 11.7 Å². The molecule has 0 fully saturated rings. The number of phenolic OH excluding ortho intramolecular Hbond substituents is 1. The lowest BCUT2D eigenvalue weighted by Crippen LogP contribution is -2.23. The molecule has 6 heteroatoms. The van der Waals surface area contributed by atoms with Gasteiger partial charge < -0.3 is 15.3 Å². The molecule has 1 aromatic carbocycles. The fourth-order valence-electron chi connectivity index (χ4n) is 1.77. The highest BCUT2D eigenvalue weighted by atomic mass is 16.3. The third kappa shape index (κ3) is 4.17. The van der Waals surface area contributed by atoms with Crippen molar-refractivity contribution in [2.24, 2.45) is 0 Å². The van der Waals surface area contributed by atoms with Gasteiger partial charge in [0, 0.05) is 20.6 Å². The van der Waals surface area contributed by atoms with Gasteiger partial charge in [-0.15, -0.1) is 10.2 Å². The van der Waals surface area contributed by atoms with Crippen LogP contribution in [0.5, 0.6) is 5.75 Å². The van der Waals surface area contributed by atoms with Crippen molar-refractivity contribution in [2.45, 2.75) is 6.42 Å². The third-order valence-corrected chi connectivity index (χ3v) is 2.95. The van der Waals surface area contributed by atoms with Crippen LogP contribution in [0.2, 0.25) is 0 Å². The minimum atomic E-state index is -0.168. The Morgan fingerprint density at radius 2 is 1.86 bits per heavy atom. The van der Waals surface area contributed by atoms with Gasteiger partial charge in [-0.2, -0.15) is 0 Å². The Morgan fingerprint density at radius 3 is 2.43 bits per heavy atom. The molecular weight excluding hydrogens is 268 g/mol. The molecule has 1 amide bonds. The van der Waals surface area contributed by atoms with E-state index in [9.17, 15) is 9.90 Å². The maximum absolute atomic E-state index is 11.7. The first-order chi connectivity index (χ1) is 10.1. The Balaban J connectivity index is 1.86. The van der Waals surface area contributed by atoms with E-state index >= 15 is 0 Å². The second kappa shape index (κ2) is 6.69. The second-order valence-electron chi connectivity index (χ2n) is 4.85. The van der Waals surface area contributed by atoms with E-state index in [1.807, 2.05) is 12.1 Å². The summed E-state index contributed by atoms with van der Waals surface area (Å²) in [7, 11) is 3.35. The van der Waals surface area contributed by atoms with Gasteiger partial charge in [0.15, 0.2) is 5.69 Å². The van der Waals surface area contributed by atoms with E-state index in [1.165, 1.54) is 4.90 Å². The quantitative estimate of drug-likeness (QED) is 0.871. The van der Waals surface area contributed by atoms with Gasteiger partial charge in [0.25, 0.3) is 5.91 Å². The normalized spacial score (nSPS) is 10.2. The predicted molar refractivity (Wildman–Crippen MR) is 80.4 cm³/mol. The standard InChI is InChI=1S/C15H18N4O2/c1-19(2)15(21)13-7-8-14(18-17-13)16-10-9-11-3-5-12(20)6-4-11/h3-8,20H,9-10H2,1-2H3,(H,16,18). The number of rotatable bonds is 5. The maximum Gasteiger partial charge on any atom is 0.273 e. The molecule has 2 aromatic rings. The molecule has 0 aliphatic rings. The molecule has 0 bridgehead atoms. The lowest BCUT2D eigenvalue weighted by molar-refractivity contribution is 0.0821. The molecule has 2 N–H and O–H groups in total. The molecule has 0 saturated heterocycles.